The minimum absolute atomic E-state index is 0.00117. The molecule has 15 heteroatoms. The Morgan fingerprint density at radius 1 is 1.15 bits per heavy atom. The number of aromatic nitrogens is 5. The van der Waals surface area contributed by atoms with E-state index in [-0.39, 0.29) is 23.6 Å². The summed E-state index contributed by atoms with van der Waals surface area (Å²) < 4.78 is 72.2. The Labute approximate surface area is 226 Å². The van der Waals surface area contributed by atoms with Crippen LogP contribution in [0.4, 0.5) is 22.0 Å². The maximum Gasteiger partial charge on any atom is 0.573 e. The van der Waals surface area contributed by atoms with Gasteiger partial charge in [-0.1, -0.05) is 17.4 Å². The molecule has 40 heavy (non-hydrogen) atoms. The lowest BCUT2D eigenvalue weighted by molar-refractivity contribution is -0.274. The first-order valence-electron chi connectivity index (χ1n) is 11.6. The number of imidazole rings is 1. The summed E-state index contributed by atoms with van der Waals surface area (Å²) in [4.78, 5) is 22.3. The van der Waals surface area contributed by atoms with E-state index in [4.69, 9.17) is 0 Å². The zero-order chi connectivity index (χ0) is 28.7. The van der Waals surface area contributed by atoms with E-state index < -0.39 is 35.5 Å². The Hall–Kier alpha value is -4.37. The third-order valence-electron chi connectivity index (χ3n) is 6.09. The minimum atomic E-state index is -4.79. The fourth-order valence-corrected chi connectivity index (χ4v) is 5.08. The van der Waals surface area contributed by atoms with Crippen molar-refractivity contribution in [2.75, 3.05) is 0 Å². The number of benzene rings is 2. The first kappa shape index (κ1) is 27.2. The molecule has 0 fully saturated rings. The summed E-state index contributed by atoms with van der Waals surface area (Å²) in [5.74, 6) is -2.85. The summed E-state index contributed by atoms with van der Waals surface area (Å²) in [6.45, 7) is 1.16. The largest absolute Gasteiger partial charge is 0.573 e. The number of alkyl halides is 3. The summed E-state index contributed by atoms with van der Waals surface area (Å²) >= 11 is 1.19. The normalized spacial score (nSPS) is 14.2. The lowest BCUT2D eigenvalue weighted by Gasteiger charge is -2.35. The number of thiazole rings is 1. The maximum atomic E-state index is 14.7. The molecule has 9 nitrogen and oxygen atoms in total. The molecule has 208 valence electrons. The Morgan fingerprint density at radius 3 is 2.52 bits per heavy atom. The molecule has 2 atom stereocenters. The summed E-state index contributed by atoms with van der Waals surface area (Å²) in [5, 5.41) is 18.1. The molecule has 0 aliphatic heterocycles. The number of fused-ring (bicyclic) bond motifs is 1. The van der Waals surface area contributed by atoms with Crippen molar-refractivity contribution in [3.63, 3.8) is 0 Å². The van der Waals surface area contributed by atoms with E-state index in [0.29, 0.717) is 21.5 Å². The van der Waals surface area contributed by atoms with Crippen LogP contribution in [0.25, 0.3) is 15.4 Å². The highest BCUT2D eigenvalue weighted by Crippen LogP contribution is 2.32. The fraction of sp³-hybridized carbons (Fsp3) is 0.200. The third kappa shape index (κ3) is 5.65. The number of hydrogen-bond acceptors (Lipinski definition) is 7. The highest BCUT2D eigenvalue weighted by Gasteiger charge is 2.40. The Kier molecular flexibility index (Phi) is 7.01. The van der Waals surface area contributed by atoms with E-state index in [0.717, 1.165) is 12.1 Å². The second-order valence-corrected chi connectivity index (χ2v) is 9.83. The number of amides is 1. The predicted molar refractivity (Wildman–Crippen MR) is 132 cm³/mol. The Bertz CT molecular complexity index is 1620. The average Bonchev–Trinajstić information content (AvgIpc) is 3.60. The number of carbonyl (C=O) groups excluding carboxylic acids is 1. The van der Waals surface area contributed by atoms with Gasteiger partial charge >= 0.3 is 6.36 Å². The summed E-state index contributed by atoms with van der Waals surface area (Å²) in [6.07, 6.45) is 0.828. The SMILES string of the molecule is C[C@@H](NC(=O)c1cn2cc(-c3ccc(OC(F)(F)F)cc3)sc2n1)[C@](O)(Cn1cncn1)c1ccc(F)cc1F. The minimum Gasteiger partial charge on any atom is -0.406 e. The molecule has 0 spiro atoms. The molecule has 0 radical (unpaired) electrons. The van der Waals surface area contributed by atoms with Gasteiger partial charge in [-0.25, -0.2) is 23.4 Å². The van der Waals surface area contributed by atoms with Gasteiger partial charge in [0.25, 0.3) is 5.91 Å². The van der Waals surface area contributed by atoms with Crippen LogP contribution in [0.3, 0.4) is 0 Å². The molecule has 3 aromatic heterocycles. The second kappa shape index (κ2) is 10.3. The number of aliphatic hydroxyl groups is 1. The summed E-state index contributed by atoms with van der Waals surface area (Å²) in [7, 11) is 0. The second-order valence-electron chi connectivity index (χ2n) is 8.82. The smallest absolute Gasteiger partial charge is 0.406 e. The van der Waals surface area contributed by atoms with Crippen molar-refractivity contribution < 1.29 is 36.6 Å². The van der Waals surface area contributed by atoms with Crippen molar-refractivity contribution in [1.82, 2.24) is 29.5 Å². The van der Waals surface area contributed by atoms with Crippen molar-refractivity contribution >= 4 is 22.2 Å². The van der Waals surface area contributed by atoms with Gasteiger partial charge in [0.15, 0.2) is 4.96 Å². The van der Waals surface area contributed by atoms with Gasteiger partial charge in [-0.05, 0) is 42.8 Å². The maximum absolute atomic E-state index is 14.7. The van der Waals surface area contributed by atoms with Crippen LogP contribution < -0.4 is 10.1 Å². The first-order valence-corrected chi connectivity index (χ1v) is 12.4. The van der Waals surface area contributed by atoms with Crippen LogP contribution in [0.2, 0.25) is 0 Å². The molecule has 1 amide bonds. The fourth-order valence-electron chi connectivity index (χ4n) is 4.11. The van der Waals surface area contributed by atoms with Crippen LogP contribution in [0, 0.1) is 11.6 Å². The molecule has 0 bridgehead atoms. The quantitative estimate of drug-likeness (QED) is 0.262. The van der Waals surface area contributed by atoms with Gasteiger partial charge in [-0.15, -0.1) is 13.2 Å². The number of nitrogens with one attached hydrogen (secondary N) is 1. The Balaban J connectivity index is 1.35. The number of nitrogens with zero attached hydrogens (tertiary/aromatic N) is 5. The molecular formula is C25H19F5N6O3S. The molecule has 2 aromatic carbocycles. The Morgan fingerprint density at radius 2 is 1.90 bits per heavy atom. The van der Waals surface area contributed by atoms with Crippen molar-refractivity contribution in [3.8, 4) is 16.2 Å². The molecule has 5 rings (SSSR count). The third-order valence-corrected chi connectivity index (χ3v) is 7.14. The molecule has 0 unspecified atom stereocenters. The van der Waals surface area contributed by atoms with Gasteiger partial charge in [0, 0.05) is 24.0 Å². The van der Waals surface area contributed by atoms with Gasteiger partial charge in [-0.3, -0.25) is 9.20 Å². The van der Waals surface area contributed by atoms with Crippen molar-refractivity contribution in [1.29, 1.82) is 0 Å². The van der Waals surface area contributed by atoms with Crippen LogP contribution in [0.1, 0.15) is 23.0 Å². The molecular weight excluding hydrogens is 559 g/mol. The summed E-state index contributed by atoms with van der Waals surface area (Å²) in [5.41, 5.74) is -1.68. The predicted octanol–water partition coefficient (Wildman–Crippen LogP) is 4.54. The molecule has 5 aromatic rings. The lowest BCUT2D eigenvalue weighted by Crippen LogP contribution is -2.52. The van der Waals surface area contributed by atoms with E-state index in [2.05, 4.69) is 25.1 Å². The van der Waals surface area contributed by atoms with Crippen LogP contribution >= 0.6 is 11.3 Å². The van der Waals surface area contributed by atoms with Crippen molar-refractivity contribution in [2.24, 2.45) is 0 Å². The highest BCUT2D eigenvalue weighted by molar-refractivity contribution is 7.20. The topological polar surface area (TPSA) is 107 Å². The number of halogens is 5. The molecule has 0 saturated heterocycles. The highest BCUT2D eigenvalue weighted by atomic mass is 32.1. The van der Waals surface area contributed by atoms with Gasteiger partial charge < -0.3 is 15.2 Å². The average molecular weight is 579 g/mol. The number of rotatable bonds is 8. The molecule has 0 saturated carbocycles. The molecule has 0 aliphatic rings. The number of ether oxygens (including phenoxy) is 1. The lowest BCUT2D eigenvalue weighted by atomic mass is 9.86. The zero-order valence-electron chi connectivity index (χ0n) is 20.4. The van der Waals surface area contributed by atoms with Crippen LogP contribution in [0.15, 0.2) is 67.5 Å². The molecule has 3 heterocycles. The van der Waals surface area contributed by atoms with Crippen LogP contribution in [-0.4, -0.2) is 47.6 Å². The monoisotopic (exact) mass is 578 g/mol. The zero-order valence-corrected chi connectivity index (χ0v) is 21.2. The number of carbonyl (C=O) groups is 1. The molecule has 0 aliphatic carbocycles. The van der Waals surface area contributed by atoms with Crippen molar-refractivity contribution in [3.05, 3.63) is 90.4 Å². The number of hydrogen-bond donors (Lipinski definition) is 2. The van der Waals surface area contributed by atoms with Gasteiger partial charge in [0.05, 0.1) is 17.5 Å². The van der Waals surface area contributed by atoms with Crippen molar-refractivity contribution in [2.45, 2.75) is 31.5 Å². The first-order chi connectivity index (χ1) is 18.9. The molecule has 2 N–H and O–H groups in total. The van der Waals surface area contributed by atoms with E-state index in [9.17, 15) is 31.9 Å². The van der Waals surface area contributed by atoms with Gasteiger partial charge in [0.1, 0.15) is 41.3 Å². The van der Waals surface area contributed by atoms with Crippen LogP contribution in [0.5, 0.6) is 5.75 Å². The van der Waals surface area contributed by atoms with Gasteiger partial charge in [-0.2, -0.15) is 5.10 Å². The van der Waals surface area contributed by atoms with E-state index in [1.54, 1.807) is 10.6 Å². The van der Waals surface area contributed by atoms with Gasteiger partial charge in [0.2, 0.25) is 0 Å². The van der Waals surface area contributed by atoms with Crippen LogP contribution in [-0.2, 0) is 12.1 Å². The van der Waals surface area contributed by atoms with E-state index >= 15 is 0 Å². The van der Waals surface area contributed by atoms with E-state index in [1.165, 1.54) is 66.1 Å². The summed E-state index contributed by atoms with van der Waals surface area (Å²) in [6, 6.07) is 6.94. The van der Waals surface area contributed by atoms with E-state index in [1.807, 2.05) is 0 Å². The standard InChI is InChI=1S/C25H19F5N6O3S/c1-14(24(38,11-36-13-31-12-32-36)18-7-4-16(26)8-19(18)27)33-22(37)20-9-35-10-21(40-23(35)34-20)15-2-5-17(6-3-15)39-25(28,29)30/h2-10,12-14,38H,11H2,1H3,(H,33,37)/t14-,24-/m1/s1.